The molecule has 2 rings (SSSR count). The SMILES string of the molecule is CCC(Nc1nc(C)c(C(=O)OC)s1)C1CCCCC1. The first-order valence-corrected chi connectivity index (χ1v) is 8.29. The zero-order valence-electron chi connectivity index (χ0n) is 12.6. The fraction of sp³-hybridized carbons (Fsp3) is 0.733. The summed E-state index contributed by atoms with van der Waals surface area (Å²) < 4.78 is 4.78. The molecule has 1 aromatic heterocycles. The molecule has 1 heterocycles. The average Bonchev–Trinajstić information content (AvgIpc) is 2.85. The topological polar surface area (TPSA) is 51.2 Å². The van der Waals surface area contributed by atoms with Gasteiger partial charge >= 0.3 is 5.97 Å². The highest BCUT2D eigenvalue weighted by molar-refractivity contribution is 7.17. The number of aromatic nitrogens is 1. The molecule has 1 atom stereocenters. The summed E-state index contributed by atoms with van der Waals surface area (Å²) in [5.41, 5.74) is 0.753. The van der Waals surface area contributed by atoms with Crippen LogP contribution in [0.4, 0.5) is 5.13 Å². The Labute approximate surface area is 124 Å². The van der Waals surface area contributed by atoms with E-state index in [9.17, 15) is 4.79 Å². The molecule has 0 radical (unpaired) electrons. The Morgan fingerprint density at radius 2 is 2.15 bits per heavy atom. The van der Waals surface area contributed by atoms with Crippen molar-refractivity contribution in [1.82, 2.24) is 4.98 Å². The molecule has 4 nitrogen and oxygen atoms in total. The van der Waals surface area contributed by atoms with Crippen molar-refractivity contribution in [2.24, 2.45) is 5.92 Å². The maximum Gasteiger partial charge on any atom is 0.350 e. The summed E-state index contributed by atoms with van der Waals surface area (Å²) in [7, 11) is 1.41. The molecule has 0 saturated heterocycles. The highest BCUT2D eigenvalue weighted by Crippen LogP contribution is 2.31. The van der Waals surface area contributed by atoms with Gasteiger partial charge in [-0.05, 0) is 32.1 Å². The van der Waals surface area contributed by atoms with Gasteiger partial charge in [-0.1, -0.05) is 37.5 Å². The van der Waals surface area contributed by atoms with E-state index < -0.39 is 0 Å². The number of nitrogens with zero attached hydrogens (tertiary/aromatic N) is 1. The van der Waals surface area contributed by atoms with Crippen molar-refractivity contribution in [2.45, 2.75) is 58.4 Å². The molecule has 20 heavy (non-hydrogen) atoms. The highest BCUT2D eigenvalue weighted by Gasteiger charge is 2.24. The first kappa shape index (κ1) is 15.3. The van der Waals surface area contributed by atoms with Crippen molar-refractivity contribution in [3.05, 3.63) is 10.6 Å². The van der Waals surface area contributed by atoms with Crippen LogP contribution >= 0.6 is 11.3 Å². The fourth-order valence-corrected chi connectivity index (χ4v) is 3.93. The van der Waals surface area contributed by atoms with Gasteiger partial charge in [0, 0.05) is 6.04 Å². The summed E-state index contributed by atoms with van der Waals surface area (Å²) >= 11 is 1.40. The summed E-state index contributed by atoms with van der Waals surface area (Å²) in [5.74, 6) is 0.443. The van der Waals surface area contributed by atoms with Crippen molar-refractivity contribution in [2.75, 3.05) is 12.4 Å². The number of anilines is 1. The molecule has 1 saturated carbocycles. The summed E-state index contributed by atoms with van der Waals surface area (Å²) in [6.07, 6.45) is 7.76. The molecule has 1 N–H and O–H groups in total. The second-order valence-electron chi connectivity index (χ2n) is 5.48. The van der Waals surface area contributed by atoms with Crippen LogP contribution in [0.15, 0.2) is 0 Å². The normalized spacial score (nSPS) is 17.8. The molecule has 1 unspecified atom stereocenters. The van der Waals surface area contributed by atoms with Crippen LogP contribution in [-0.4, -0.2) is 24.1 Å². The Bertz CT molecular complexity index is 453. The average molecular weight is 296 g/mol. The molecule has 1 aromatic rings. The maximum atomic E-state index is 11.6. The Kier molecular flexibility index (Phi) is 5.40. The van der Waals surface area contributed by atoms with Gasteiger partial charge in [0.1, 0.15) is 4.88 Å². The van der Waals surface area contributed by atoms with E-state index >= 15 is 0 Å². The van der Waals surface area contributed by atoms with Gasteiger partial charge in [-0.25, -0.2) is 9.78 Å². The third-order valence-corrected chi connectivity index (χ3v) is 5.20. The summed E-state index contributed by atoms with van der Waals surface area (Å²) in [6.45, 7) is 4.07. The smallest absolute Gasteiger partial charge is 0.350 e. The van der Waals surface area contributed by atoms with Gasteiger partial charge in [-0.3, -0.25) is 0 Å². The first-order chi connectivity index (χ1) is 9.65. The number of nitrogens with one attached hydrogen (secondary N) is 1. The standard InChI is InChI=1S/C15H24N2O2S/c1-4-12(11-8-6-5-7-9-11)17-15-16-10(2)13(20-15)14(18)19-3/h11-12H,4-9H2,1-3H3,(H,16,17). The van der Waals surface area contributed by atoms with E-state index in [2.05, 4.69) is 17.2 Å². The maximum absolute atomic E-state index is 11.6. The van der Waals surface area contributed by atoms with Crippen molar-refractivity contribution in [1.29, 1.82) is 0 Å². The monoisotopic (exact) mass is 296 g/mol. The van der Waals surface area contributed by atoms with Crippen LogP contribution in [0.25, 0.3) is 0 Å². The van der Waals surface area contributed by atoms with Crippen LogP contribution in [0.5, 0.6) is 0 Å². The molecule has 0 aliphatic heterocycles. The predicted octanol–water partition coefficient (Wildman–Crippen LogP) is 4.01. The first-order valence-electron chi connectivity index (χ1n) is 7.48. The molecule has 1 aliphatic carbocycles. The van der Waals surface area contributed by atoms with E-state index in [4.69, 9.17) is 4.74 Å². The van der Waals surface area contributed by atoms with Crippen LogP contribution in [0, 0.1) is 12.8 Å². The van der Waals surface area contributed by atoms with Gasteiger partial charge in [0.2, 0.25) is 0 Å². The fourth-order valence-electron chi connectivity index (χ4n) is 2.99. The number of esters is 1. The van der Waals surface area contributed by atoms with Crippen molar-refractivity contribution < 1.29 is 9.53 Å². The molecule has 5 heteroatoms. The minimum atomic E-state index is -0.293. The summed E-state index contributed by atoms with van der Waals surface area (Å²) in [6, 6.07) is 0.464. The van der Waals surface area contributed by atoms with Crippen LogP contribution in [0.3, 0.4) is 0 Å². The van der Waals surface area contributed by atoms with Gasteiger partial charge in [0.15, 0.2) is 5.13 Å². The molecule has 0 aromatic carbocycles. The molecule has 1 fully saturated rings. The highest BCUT2D eigenvalue weighted by atomic mass is 32.1. The third kappa shape index (κ3) is 3.51. The molecule has 0 spiro atoms. The van der Waals surface area contributed by atoms with Crippen LogP contribution < -0.4 is 5.32 Å². The van der Waals surface area contributed by atoms with Gasteiger partial charge in [0.05, 0.1) is 12.8 Å². The van der Waals surface area contributed by atoms with Crippen molar-refractivity contribution in [3.8, 4) is 0 Å². The Morgan fingerprint density at radius 3 is 2.75 bits per heavy atom. The number of carbonyl (C=O) groups is 1. The lowest BCUT2D eigenvalue weighted by Gasteiger charge is -2.30. The molecule has 0 amide bonds. The molecule has 112 valence electrons. The van der Waals surface area contributed by atoms with Crippen LogP contribution in [-0.2, 0) is 4.74 Å². The number of aryl methyl sites for hydroxylation is 1. The zero-order chi connectivity index (χ0) is 14.5. The van der Waals surface area contributed by atoms with Crippen LogP contribution in [0.1, 0.15) is 60.8 Å². The lowest BCUT2D eigenvalue weighted by molar-refractivity contribution is 0.0605. The van der Waals surface area contributed by atoms with E-state index in [1.165, 1.54) is 50.6 Å². The minimum Gasteiger partial charge on any atom is -0.465 e. The lowest BCUT2D eigenvalue weighted by Crippen LogP contribution is -2.30. The van der Waals surface area contributed by atoms with Crippen LogP contribution in [0.2, 0.25) is 0 Å². The number of hydrogen-bond donors (Lipinski definition) is 1. The second kappa shape index (κ2) is 7.07. The van der Waals surface area contributed by atoms with Crippen molar-refractivity contribution in [3.63, 3.8) is 0 Å². The summed E-state index contributed by atoms with van der Waals surface area (Å²) in [5, 5.41) is 4.39. The quantitative estimate of drug-likeness (QED) is 0.834. The zero-order valence-corrected chi connectivity index (χ0v) is 13.4. The Hall–Kier alpha value is -1.10. The number of hydrogen-bond acceptors (Lipinski definition) is 5. The largest absolute Gasteiger partial charge is 0.465 e. The van der Waals surface area contributed by atoms with Crippen molar-refractivity contribution >= 4 is 22.4 Å². The third-order valence-electron chi connectivity index (χ3n) is 4.13. The van der Waals surface area contributed by atoms with E-state index in [0.29, 0.717) is 10.9 Å². The number of methoxy groups -OCH3 is 1. The molecule has 1 aliphatic rings. The summed E-state index contributed by atoms with van der Waals surface area (Å²) in [4.78, 5) is 16.7. The van der Waals surface area contributed by atoms with Gasteiger partial charge in [0.25, 0.3) is 0 Å². The molecule has 0 bridgehead atoms. The Balaban J connectivity index is 2.05. The second-order valence-corrected chi connectivity index (χ2v) is 6.48. The van der Waals surface area contributed by atoms with E-state index in [-0.39, 0.29) is 5.97 Å². The number of carbonyl (C=O) groups excluding carboxylic acids is 1. The van der Waals surface area contributed by atoms with Gasteiger partial charge in [-0.15, -0.1) is 0 Å². The predicted molar refractivity (Wildman–Crippen MR) is 82.5 cm³/mol. The van der Waals surface area contributed by atoms with E-state index in [1.54, 1.807) is 0 Å². The van der Waals surface area contributed by atoms with Gasteiger partial charge in [-0.2, -0.15) is 0 Å². The molecular weight excluding hydrogens is 272 g/mol. The number of thiazole rings is 1. The lowest BCUT2D eigenvalue weighted by atomic mass is 9.83. The minimum absolute atomic E-state index is 0.293. The van der Waals surface area contributed by atoms with Gasteiger partial charge < -0.3 is 10.1 Å². The number of rotatable bonds is 5. The molecular formula is C15H24N2O2S. The Morgan fingerprint density at radius 1 is 1.45 bits per heavy atom. The number of ether oxygens (including phenoxy) is 1. The van der Waals surface area contributed by atoms with E-state index in [0.717, 1.165) is 23.2 Å². The van der Waals surface area contributed by atoms with E-state index in [1.807, 2.05) is 6.92 Å².